The summed E-state index contributed by atoms with van der Waals surface area (Å²) in [4.78, 5) is 13.0. The molecule has 2 rings (SSSR count). The molecule has 1 amide bonds. The zero-order chi connectivity index (χ0) is 18.6. The van der Waals surface area contributed by atoms with Crippen LogP contribution in [0.2, 0.25) is 0 Å². The van der Waals surface area contributed by atoms with Crippen molar-refractivity contribution >= 4 is 11.6 Å². The van der Waals surface area contributed by atoms with Gasteiger partial charge in [0.1, 0.15) is 0 Å². The summed E-state index contributed by atoms with van der Waals surface area (Å²) in [7, 11) is 3.19. The first-order valence-corrected chi connectivity index (χ1v) is 8.47. The van der Waals surface area contributed by atoms with E-state index in [1.807, 2.05) is 57.2 Å². The number of ether oxygens (including phenoxy) is 2. The Morgan fingerprint density at radius 3 is 2.36 bits per heavy atom. The van der Waals surface area contributed by atoms with Crippen molar-refractivity contribution in [2.75, 3.05) is 19.5 Å². The summed E-state index contributed by atoms with van der Waals surface area (Å²) in [6.07, 6.45) is 0.869. The van der Waals surface area contributed by atoms with Crippen LogP contribution >= 0.6 is 0 Å². The molecule has 0 unspecified atom stereocenters. The summed E-state index contributed by atoms with van der Waals surface area (Å²) in [5.74, 6) is 1.21. The molecule has 0 aliphatic rings. The van der Waals surface area contributed by atoms with Crippen LogP contribution in [0, 0.1) is 6.92 Å². The first-order chi connectivity index (χ1) is 11.8. The highest BCUT2D eigenvalue weighted by molar-refractivity contribution is 5.99. The van der Waals surface area contributed by atoms with Crippen molar-refractivity contribution in [2.45, 2.75) is 39.5 Å². The van der Waals surface area contributed by atoms with Crippen molar-refractivity contribution in [3.05, 3.63) is 53.1 Å². The van der Waals surface area contributed by atoms with Gasteiger partial charge in [-0.05, 0) is 56.0 Å². The smallest absolute Gasteiger partial charge is 0.234 e. The Bertz CT molecular complexity index is 766. The largest absolute Gasteiger partial charge is 0.493 e. The van der Waals surface area contributed by atoms with Gasteiger partial charge in [-0.25, -0.2) is 0 Å². The Labute approximate surface area is 150 Å². The second-order valence-electron chi connectivity index (χ2n) is 6.61. The fourth-order valence-electron chi connectivity index (χ4n) is 2.83. The molecular weight excluding hydrogens is 314 g/mol. The molecule has 0 radical (unpaired) electrons. The fourth-order valence-corrected chi connectivity index (χ4v) is 2.83. The summed E-state index contributed by atoms with van der Waals surface area (Å²) < 4.78 is 10.6. The number of carbonyl (C=O) groups is 1. The van der Waals surface area contributed by atoms with Crippen molar-refractivity contribution in [3.63, 3.8) is 0 Å². The minimum atomic E-state index is -0.715. The number of nitrogens with one attached hydrogen (secondary N) is 1. The first-order valence-electron chi connectivity index (χ1n) is 8.47. The van der Waals surface area contributed by atoms with Crippen LogP contribution in [0.5, 0.6) is 11.5 Å². The zero-order valence-electron chi connectivity index (χ0n) is 15.9. The highest BCUT2D eigenvalue weighted by atomic mass is 16.5. The molecule has 0 bridgehead atoms. The third-order valence-electron chi connectivity index (χ3n) is 4.65. The van der Waals surface area contributed by atoms with Crippen LogP contribution in [-0.4, -0.2) is 20.1 Å². The average Bonchev–Trinajstić information content (AvgIpc) is 2.62. The van der Waals surface area contributed by atoms with Gasteiger partial charge in [0.25, 0.3) is 0 Å². The fraction of sp³-hybridized carbons (Fsp3) is 0.381. The van der Waals surface area contributed by atoms with Crippen LogP contribution in [0.1, 0.15) is 37.5 Å². The van der Waals surface area contributed by atoms with Gasteiger partial charge in [0.2, 0.25) is 5.91 Å². The second kappa shape index (κ2) is 7.60. The summed E-state index contributed by atoms with van der Waals surface area (Å²) in [5, 5.41) is 3.12. The average molecular weight is 341 g/mol. The topological polar surface area (TPSA) is 47.6 Å². The van der Waals surface area contributed by atoms with Gasteiger partial charge in [-0.3, -0.25) is 4.79 Å². The van der Waals surface area contributed by atoms with E-state index in [4.69, 9.17) is 9.47 Å². The van der Waals surface area contributed by atoms with Crippen molar-refractivity contribution in [1.29, 1.82) is 0 Å². The lowest BCUT2D eigenvalue weighted by molar-refractivity contribution is -0.120. The summed E-state index contributed by atoms with van der Waals surface area (Å²) in [6.45, 7) is 7.92. The molecule has 1 N–H and O–H groups in total. The van der Waals surface area contributed by atoms with Crippen LogP contribution in [0.15, 0.2) is 36.4 Å². The molecule has 2 aromatic rings. The molecule has 2 aromatic carbocycles. The summed E-state index contributed by atoms with van der Waals surface area (Å²) in [6, 6.07) is 11.7. The van der Waals surface area contributed by atoms with E-state index in [1.165, 1.54) is 0 Å². The Morgan fingerprint density at radius 2 is 1.76 bits per heavy atom. The highest BCUT2D eigenvalue weighted by Gasteiger charge is 2.31. The number of aryl methyl sites for hydroxylation is 2. The van der Waals surface area contributed by atoms with E-state index in [0.717, 1.165) is 28.8 Å². The lowest BCUT2D eigenvalue weighted by atomic mass is 9.83. The van der Waals surface area contributed by atoms with Gasteiger partial charge >= 0.3 is 0 Å². The van der Waals surface area contributed by atoms with Crippen LogP contribution < -0.4 is 14.8 Å². The number of anilines is 1. The molecule has 0 saturated heterocycles. The van der Waals surface area contributed by atoms with Gasteiger partial charge in [0, 0.05) is 5.69 Å². The number of hydrogen-bond acceptors (Lipinski definition) is 3. The Hall–Kier alpha value is -2.49. The molecule has 0 fully saturated rings. The molecule has 0 aliphatic heterocycles. The molecule has 0 heterocycles. The Kier molecular flexibility index (Phi) is 5.73. The minimum Gasteiger partial charge on any atom is -0.493 e. The predicted octanol–water partition coefficient (Wildman–Crippen LogP) is 4.49. The van der Waals surface area contributed by atoms with Gasteiger partial charge < -0.3 is 14.8 Å². The maximum Gasteiger partial charge on any atom is 0.234 e. The normalized spacial score (nSPS) is 11.1. The summed E-state index contributed by atoms with van der Waals surface area (Å²) in [5.41, 5.74) is 3.26. The second-order valence-corrected chi connectivity index (χ2v) is 6.61. The lowest BCUT2D eigenvalue weighted by Gasteiger charge is -2.26. The molecule has 25 heavy (non-hydrogen) atoms. The third kappa shape index (κ3) is 3.78. The molecule has 4 heteroatoms. The maximum atomic E-state index is 13.0. The Balaban J connectivity index is 2.35. The molecular formula is C21H27NO3. The van der Waals surface area contributed by atoms with E-state index in [2.05, 4.69) is 12.2 Å². The van der Waals surface area contributed by atoms with E-state index in [0.29, 0.717) is 11.5 Å². The lowest BCUT2D eigenvalue weighted by Crippen LogP contribution is -2.35. The number of hydrogen-bond donors (Lipinski definition) is 1. The van der Waals surface area contributed by atoms with Gasteiger partial charge in [-0.1, -0.05) is 31.2 Å². The van der Waals surface area contributed by atoms with Crippen LogP contribution in [0.25, 0.3) is 0 Å². The standard InChI is InChI=1S/C21H27NO3/c1-7-15-10-8-9-14(2)19(15)22-20(23)21(3,4)16-11-12-17(24-5)18(13-16)25-6/h8-13H,7H2,1-6H3,(H,22,23). The third-order valence-corrected chi connectivity index (χ3v) is 4.65. The number of amides is 1. The molecule has 0 atom stereocenters. The maximum absolute atomic E-state index is 13.0. The van der Waals surface area contributed by atoms with Crippen molar-refractivity contribution in [2.24, 2.45) is 0 Å². The van der Waals surface area contributed by atoms with Crippen LogP contribution in [-0.2, 0) is 16.6 Å². The SMILES string of the molecule is CCc1cccc(C)c1NC(=O)C(C)(C)c1ccc(OC)c(OC)c1. The van der Waals surface area contributed by atoms with E-state index in [9.17, 15) is 4.79 Å². The van der Waals surface area contributed by atoms with Crippen LogP contribution in [0.4, 0.5) is 5.69 Å². The number of para-hydroxylation sites is 1. The minimum absolute atomic E-state index is 0.0521. The van der Waals surface area contributed by atoms with Gasteiger partial charge in [0.05, 0.1) is 19.6 Å². The van der Waals surface area contributed by atoms with Gasteiger partial charge in [-0.2, -0.15) is 0 Å². The highest BCUT2D eigenvalue weighted by Crippen LogP contribution is 2.34. The van der Waals surface area contributed by atoms with Crippen LogP contribution in [0.3, 0.4) is 0 Å². The first kappa shape index (κ1) is 18.8. The predicted molar refractivity (Wildman–Crippen MR) is 102 cm³/mol. The molecule has 0 spiro atoms. The molecule has 0 aromatic heterocycles. The van der Waals surface area contributed by atoms with E-state index < -0.39 is 5.41 Å². The number of rotatable bonds is 6. The van der Waals surface area contributed by atoms with Crippen molar-refractivity contribution in [3.8, 4) is 11.5 Å². The van der Waals surface area contributed by atoms with Crippen molar-refractivity contribution < 1.29 is 14.3 Å². The molecule has 0 saturated carbocycles. The molecule has 134 valence electrons. The quantitative estimate of drug-likeness (QED) is 0.842. The van der Waals surface area contributed by atoms with E-state index in [1.54, 1.807) is 14.2 Å². The van der Waals surface area contributed by atoms with Gasteiger partial charge in [0.15, 0.2) is 11.5 Å². The van der Waals surface area contributed by atoms with Crippen molar-refractivity contribution in [1.82, 2.24) is 0 Å². The zero-order valence-corrected chi connectivity index (χ0v) is 15.9. The van der Waals surface area contributed by atoms with Gasteiger partial charge in [-0.15, -0.1) is 0 Å². The number of carbonyl (C=O) groups excluding carboxylic acids is 1. The van der Waals surface area contributed by atoms with E-state index >= 15 is 0 Å². The monoisotopic (exact) mass is 341 g/mol. The Morgan fingerprint density at radius 1 is 1.08 bits per heavy atom. The number of methoxy groups -OCH3 is 2. The molecule has 4 nitrogen and oxygen atoms in total. The number of benzene rings is 2. The molecule has 0 aliphatic carbocycles. The van der Waals surface area contributed by atoms with E-state index in [-0.39, 0.29) is 5.91 Å². The summed E-state index contributed by atoms with van der Waals surface area (Å²) >= 11 is 0.